The molecule has 4 heteroatoms. The molecule has 0 saturated carbocycles. The molecule has 1 unspecified atom stereocenters. The number of methoxy groups -OCH3 is 1. The summed E-state index contributed by atoms with van der Waals surface area (Å²) in [4.78, 5) is 13.8. The Balaban J connectivity index is 2.60. The maximum absolute atomic E-state index is 12.1. The molecule has 1 aromatic rings. The van der Waals surface area contributed by atoms with Gasteiger partial charge in [0, 0.05) is 13.5 Å². The third kappa shape index (κ3) is 1.97. The van der Waals surface area contributed by atoms with E-state index in [0.717, 1.165) is 17.9 Å². The maximum Gasteiger partial charge on any atom is 0.227 e. The zero-order valence-electron chi connectivity index (χ0n) is 11.2. The highest BCUT2D eigenvalue weighted by Crippen LogP contribution is 2.44. The molecule has 4 nitrogen and oxygen atoms in total. The molecular weight excluding hydrogens is 228 g/mol. The van der Waals surface area contributed by atoms with Crippen molar-refractivity contribution in [3.05, 3.63) is 23.3 Å². The minimum Gasteiger partial charge on any atom is -0.495 e. The third-order valence-electron chi connectivity index (χ3n) is 3.67. The number of aryl methyl sites for hydroxylation is 1. The lowest BCUT2D eigenvalue weighted by atomic mass is 9.84. The van der Waals surface area contributed by atoms with Gasteiger partial charge >= 0.3 is 0 Å². The number of fused-ring (bicyclic) bond motifs is 1. The number of benzene rings is 1. The first-order valence-electron chi connectivity index (χ1n) is 6.24. The van der Waals surface area contributed by atoms with Gasteiger partial charge in [0.25, 0.3) is 0 Å². The van der Waals surface area contributed by atoms with Crippen LogP contribution in [0.15, 0.2) is 12.1 Å². The molecule has 1 heterocycles. The molecule has 0 saturated heterocycles. The van der Waals surface area contributed by atoms with Crippen molar-refractivity contribution >= 4 is 11.6 Å². The molecule has 1 atom stereocenters. The highest BCUT2D eigenvalue weighted by Gasteiger charge is 2.32. The van der Waals surface area contributed by atoms with Crippen molar-refractivity contribution in [2.75, 3.05) is 25.6 Å². The standard InChI is InChI=1S/C14H20N2O2/c1-9-4-5-11(18-3)14-13(9)10(6-7-15)8-12(17)16(14)2/h4-5,10H,6-8,15H2,1-3H3. The van der Waals surface area contributed by atoms with Gasteiger partial charge in [0.05, 0.1) is 12.8 Å². The van der Waals surface area contributed by atoms with Gasteiger partial charge in [-0.25, -0.2) is 0 Å². The third-order valence-corrected chi connectivity index (χ3v) is 3.67. The van der Waals surface area contributed by atoms with E-state index < -0.39 is 0 Å². The van der Waals surface area contributed by atoms with Crippen molar-refractivity contribution in [3.63, 3.8) is 0 Å². The summed E-state index contributed by atoms with van der Waals surface area (Å²) in [6.07, 6.45) is 1.37. The van der Waals surface area contributed by atoms with E-state index in [4.69, 9.17) is 10.5 Å². The Morgan fingerprint density at radius 2 is 2.22 bits per heavy atom. The van der Waals surface area contributed by atoms with Crippen LogP contribution in [0.1, 0.15) is 29.9 Å². The summed E-state index contributed by atoms with van der Waals surface area (Å²) >= 11 is 0. The molecule has 1 aliphatic heterocycles. The number of anilines is 1. The van der Waals surface area contributed by atoms with E-state index >= 15 is 0 Å². The van der Waals surface area contributed by atoms with Crippen LogP contribution in [0.25, 0.3) is 0 Å². The van der Waals surface area contributed by atoms with Gasteiger partial charge < -0.3 is 15.4 Å². The SMILES string of the molecule is COc1ccc(C)c2c1N(C)C(=O)CC2CCN. The first-order valence-corrected chi connectivity index (χ1v) is 6.24. The average molecular weight is 248 g/mol. The second-order valence-electron chi connectivity index (χ2n) is 4.78. The van der Waals surface area contributed by atoms with Crippen LogP contribution in [-0.2, 0) is 4.79 Å². The highest BCUT2D eigenvalue weighted by molar-refractivity contribution is 5.98. The molecule has 2 N–H and O–H groups in total. The predicted octanol–water partition coefficient (Wildman–Crippen LogP) is 1.80. The van der Waals surface area contributed by atoms with E-state index in [-0.39, 0.29) is 11.8 Å². The summed E-state index contributed by atoms with van der Waals surface area (Å²) < 4.78 is 5.39. The summed E-state index contributed by atoms with van der Waals surface area (Å²) in [5.41, 5.74) is 8.98. The van der Waals surface area contributed by atoms with Crippen LogP contribution in [0.3, 0.4) is 0 Å². The molecule has 0 aromatic heterocycles. The van der Waals surface area contributed by atoms with E-state index in [2.05, 4.69) is 6.92 Å². The number of carbonyl (C=O) groups is 1. The average Bonchev–Trinajstić information content (AvgIpc) is 2.35. The number of carbonyl (C=O) groups excluding carboxylic acids is 1. The van der Waals surface area contributed by atoms with Crippen LogP contribution in [0.4, 0.5) is 5.69 Å². The zero-order valence-corrected chi connectivity index (χ0v) is 11.2. The van der Waals surface area contributed by atoms with Crippen molar-refractivity contribution in [1.82, 2.24) is 0 Å². The van der Waals surface area contributed by atoms with Crippen molar-refractivity contribution in [3.8, 4) is 5.75 Å². The molecule has 0 bridgehead atoms. The van der Waals surface area contributed by atoms with Crippen LogP contribution in [0, 0.1) is 6.92 Å². The van der Waals surface area contributed by atoms with Gasteiger partial charge in [-0.2, -0.15) is 0 Å². The first-order chi connectivity index (χ1) is 8.60. The quantitative estimate of drug-likeness (QED) is 0.887. The Kier molecular flexibility index (Phi) is 3.57. The van der Waals surface area contributed by atoms with Gasteiger partial charge in [0.1, 0.15) is 5.75 Å². The van der Waals surface area contributed by atoms with Gasteiger partial charge in [-0.15, -0.1) is 0 Å². The van der Waals surface area contributed by atoms with Crippen LogP contribution >= 0.6 is 0 Å². The maximum atomic E-state index is 12.1. The normalized spacial score (nSPS) is 18.8. The Morgan fingerprint density at radius 3 is 2.83 bits per heavy atom. The number of amides is 1. The largest absolute Gasteiger partial charge is 0.495 e. The molecule has 0 aliphatic carbocycles. The van der Waals surface area contributed by atoms with Crippen molar-refractivity contribution in [2.24, 2.45) is 5.73 Å². The number of hydrogen-bond donors (Lipinski definition) is 1. The van der Waals surface area contributed by atoms with Crippen molar-refractivity contribution in [2.45, 2.75) is 25.7 Å². The second kappa shape index (κ2) is 4.98. The summed E-state index contributed by atoms with van der Waals surface area (Å²) in [6, 6.07) is 3.97. The Labute approximate surface area is 108 Å². The molecule has 1 amide bonds. The van der Waals surface area contributed by atoms with Crippen molar-refractivity contribution in [1.29, 1.82) is 0 Å². The minimum atomic E-state index is 0.129. The number of nitrogens with zero attached hydrogens (tertiary/aromatic N) is 1. The summed E-state index contributed by atoms with van der Waals surface area (Å²) in [5, 5.41) is 0. The Bertz CT molecular complexity index is 471. The van der Waals surface area contributed by atoms with Crippen LogP contribution in [0.2, 0.25) is 0 Å². The molecule has 0 fully saturated rings. The Morgan fingerprint density at radius 1 is 1.50 bits per heavy atom. The predicted molar refractivity (Wildman–Crippen MR) is 72.2 cm³/mol. The van der Waals surface area contributed by atoms with Crippen LogP contribution in [0.5, 0.6) is 5.75 Å². The second-order valence-corrected chi connectivity index (χ2v) is 4.78. The smallest absolute Gasteiger partial charge is 0.227 e. The van der Waals surface area contributed by atoms with E-state index in [9.17, 15) is 4.79 Å². The number of rotatable bonds is 3. The number of hydrogen-bond acceptors (Lipinski definition) is 3. The Hall–Kier alpha value is -1.55. The molecule has 98 valence electrons. The van der Waals surface area contributed by atoms with Gasteiger partial charge in [-0.05, 0) is 43.0 Å². The molecule has 18 heavy (non-hydrogen) atoms. The lowest BCUT2D eigenvalue weighted by Crippen LogP contribution is -2.34. The molecule has 0 radical (unpaired) electrons. The van der Waals surface area contributed by atoms with E-state index in [1.165, 1.54) is 11.1 Å². The fraction of sp³-hybridized carbons (Fsp3) is 0.500. The lowest BCUT2D eigenvalue weighted by Gasteiger charge is -2.34. The topological polar surface area (TPSA) is 55.6 Å². The van der Waals surface area contributed by atoms with Crippen LogP contribution < -0.4 is 15.4 Å². The van der Waals surface area contributed by atoms with Gasteiger partial charge in [-0.3, -0.25) is 4.79 Å². The zero-order chi connectivity index (χ0) is 13.3. The van der Waals surface area contributed by atoms with E-state index in [0.29, 0.717) is 13.0 Å². The first kappa shape index (κ1) is 12.9. The summed E-state index contributed by atoms with van der Waals surface area (Å²) in [5.74, 6) is 1.10. The molecule has 0 spiro atoms. The van der Waals surface area contributed by atoms with Crippen molar-refractivity contribution < 1.29 is 9.53 Å². The highest BCUT2D eigenvalue weighted by atomic mass is 16.5. The van der Waals surface area contributed by atoms with Gasteiger partial charge in [0.2, 0.25) is 5.91 Å². The van der Waals surface area contributed by atoms with E-state index in [1.54, 1.807) is 12.0 Å². The fourth-order valence-corrected chi connectivity index (χ4v) is 2.74. The van der Waals surface area contributed by atoms with Gasteiger partial charge in [-0.1, -0.05) is 6.07 Å². The number of ether oxygens (including phenoxy) is 1. The monoisotopic (exact) mass is 248 g/mol. The molecule has 1 aromatic carbocycles. The molecule has 1 aliphatic rings. The lowest BCUT2D eigenvalue weighted by molar-refractivity contribution is -0.119. The summed E-state index contributed by atoms with van der Waals surface area (Å²) in [7, 11) is 3.44. The number of nitrogens with two attached hydrogens (primary N) is 1. The molecular formula is C14H20N2O2. The minimum absolute atomic E-state index is 0.129. The van der Waals surface area contributed by atoms with Crippen LogP contribution in [-0.4, -0.2) is 26.6 Å². The molecule has 2 rings (SSSR count). The summed E-state index contributed by atoms with van der Waals surface area (Å²) in [6.45, 7) is 2.67. The van der Waals surface area contributed by atoms with Gasteiger partial charge in [0.15, 0.2) is 0 Å². The van der Waals surface area contributed by atoms with E-state index in [1.807, 2.05) is 19.2 Å². The fourth-order valence-electron chi connectivity index (χ4n) is 2.74.